The maximum Gasteiger partial charge on any atom is 0.287 e. The summed E-state index contributed by atoms with van der Waals surface area (Å²) in [5.41, 5.74) is 0. The lowest BCUT2D eigenvalue weighted by molar-refractivity contribution is -0.139. The minimum Gasteiger partial charge on any atom is -0.349 e. The average molecular weight is 171 g/mol. The van der Waals surface area contributed by atoms with Gasteiger partial charge in [-0.05, 0) is 6.42 Å². The van der Waals surface area contributed by atoms with Crippen molar-refractivity contribution >= 4 is 11.7 Å². The predicted octanol–water partition coefficient (Wildman–Crippen LogP) is 1.13. The van der Waals surface area contributed by atoms with Crippen LogP contribution in [0.4, 0.5) is 0 Å². The van der Waals surface area contributed by atoms with E-state index in [-0.39, 0.29) is 11.7 Å². The lowest BCUT2D eigenvalue weighted by atomic mass is 10.1. The molecule has 1 N–H and O–H groups in total. The zero-order chi connectivity index (χ0) is 9.56. The van der Waals surface area contributed by atoms with E-state index in [2.05, 4.69) is 5.32 Å². The van der Waals surface area contributed by atoms with Gasteiger partial charge in [0.15, 0.2) is 0 Å². The molecule has 0 aromatic heterocycles. The van der Waals surface area contributed by atoms with E-state index in [1.165, 1.54) is 0 Å². The van der Waals surface area contributed by atoms with Gasteiger partial charge in [-0.1, -0.05) is 27.2 Å². The monoisotopic (exact) mass is 171 g/mol. The van der Waals surface area contributed by atoms with Crippen molar-refractivity contribution in [2.75, 3.05) is 6.54 Å². The SMILES string of the molecule is CCCCNC(=O)C(=O)C(C)C. The van der Waals surface area contributed by atoms with E-state index in [4.69, 9.17) is 0 Å². The maximum atomic E-state index is 11.0. The standard InChI is InChI=1S/C9H17NO2/c1-4-5-6-10-9(12)8(11)7(2)3/h7H,4-6H2,1-3H3,(H,10,12). The molecule has 0 spiro atoms. The normalized spacial score (nSPS) is 10.0. The molecule has 1 amide bonds. The summed E-state index contributed by atoms with van der Waals surface area (Å²) in [5.74, 6) is -0.976. The Bertz CT molecular complexity index is 164. The molecule has 0 aromatic carbocycles. The van der Waals surface area contributed by atoms with Gasteiger partial charge in [-0.15, -0.1) is 0 Å². The Morgan fingerprint density at radius 1 is 1.33 bits per heavy atom. The number of carbonyl (C=O) groups is 2. The number of unbranched alkanes of at least 4 members (excludes halogenated alkanes) is 1. The first-order chi connectivity index (χ1) is 5.59. The highest BCUT2D eigenvalue weighted by Crippen LogP contribution is 1.93. The number of amides is 1. The molecule has 0 aliphatic heterocycles. The van der Waals surface area contributed by atoms with Gasteiger partial charge in [0, 0.05) is 12.5 Å². The first kappa shape index (κ1) is 11.1. The first-order valence-electron chi connectivity index (χ1n) is 4.41. The summed E-state index contributed by atoms with van der Waals surface area (Å²) in [6, 6.07) is 0. The highest BCUT2D eigenvalue weighted by atomic mass is 16.2. The first-order valence-corrected chi connectivity index (χ1v) is 4.41. The molecule has 0 radical (unpaired) electrons. The number of ketones is 1. The van der Waals surface area contributed by atoms with Crippen LogP contribution < -0.4 is 5.32 Å². The van der Waals surface area contributed by atoms with Crippen LogP contribution in [0.15, 0.2) is 0 Å². The van der Waals surface area contributed by atoms with Crippen LogP contribution in [0.2, 0.25) is 0 Å². The number of hydrogen-bond acceptors (Lipinski definition) is 2. The van der Waals surface area contributed by atoms with Gasteiger partial charge in [0.05, 0.1) is 0 Å². The highest BCUT2D eigenvalue weighted by Gasteiger charge is 2.15. The molecule has 0 aromatic rings. The van der Waals surface area contributed by atoms with Crippen molar-refractivity contribution in [3.63, 3.8) is 0 Å². The van der Waals surface area contributed by atoms with Crippen LogP contribution in [0.5, 0.6) is 0 Å². The van der Waals surface area contributed by atoms with Crippen molar-refractivity contribution in [1.82, 2.24) is 5.32 Å². The molecular weight excluding hydrogens is 154 g/mol. The van der Waals surface area contributed by atoms with Crippen LogP contribution in [0.25, 0.3) is 0 Å². The van der Waals surface area contributed by atoms with Crippen LogP contribution in [0, 0.1) is 5.92 Å². The van der Waals surface area contributed by atoms with E-state index in [0.717, 1.165) is 12.8 Å². The second kappa shape index (κ2) is 5.75. The Morgan fingerprint density at radius 3 is 2.33 bits per heavy atom. The van der Waals surface area contributed by atoms with Crippen LogP contribution in [0.3, 0.4) is 0 Å². The summed E-state index contributed by atoms with van der Waals surface area (Å²) in [4.78, 5) is 22.0. The quantitative estimate of drug-likeness (QED) is 0.498. The van der Waals surface area contributed by atoms with Gasteiger partial charge in [0.2, 0.25) is 5.78 Å². The molecule has 0 saturated carbocycles. The lowest BCUT2D eigenvalue weighted by Crippen LogP contribution is -2.34. The van der Waals surface area contributed by atoms with E-state index >= 15 is 0 Å². The second-order valence-corrected chi connectivity index (χ2v) is 3.13. The average Bonchev–Trinajstić information content (AvgIpc) is 2.03. The summed E-state index contributed by atoms with van der Waals surface area (Å²) in [6.45, 7) is 6.09. The fourth-order valence-corrected chi connectivity index (χ4v) is 0.728. The van der Waals surface area contributed by atoms with E-state index in [1.54, 1.807) is 13.8 Å². The molecule has 0 aliphatic rings. The van der Waals surface area contributed by atoms with E-state index in [9.17, 15) is 9.59 Å². The van der Waals surface area contributed by atoms with Crippen LogP contribution in [-0.2, 0) is 9.59 Å². The van der Waals surface area contributed by atoms with Crippen molar-refractivity contribution in [2.45, 2.75) is 33.6 Å². The molecule has 12 heavy (non-hydrogen) atoms. The predicted molar refractivity (Wildman–Crippen MR) is 47.8 cm³/mol. The van der Waals surface area contributed by atoms with Crippen molar-refractivity contribution in [3.05, 3.63) is 0 Å². The lowest BCUT2D eigenvalue weighted by Gasteiger charge is -2.04. The molecule has 3 nitrogen and oxygen atoms in total. The number of rotatable bonds is 5. The third-order valence-corrected chi connectivity index (χ3v) is 1.56. The maximum absolute atomic E-state index is 11.0. The van der Waals surface area contributed by atoms with Gasteiger partial charge in [-0.3, -0.25) is 9.59 Å². The highest BCUT2D eigenvalue weighted by molar-refractivity contribution is 6.36. The third-order valence-electron chi connectivity index (χ3n) is 1.56. The molecule has 3 heteroatoms. The molecule has 0 rings (SSSR count). The van der Waals surface area contributed by atoms with Crippen LogP contribution in [0.1, 0.15) is 33.6 Å². The van der Waals surface area contributed by atoms with Crippen molar-refractivity contribution < 1.29 is 9.59 Å². The molecule has 0 atom stereocenters. The third kappa shape index (κ3) is 4.11. The summed E-state index contributed by atoms with van der Waals surface area (Å²) < 4.78 is 0. The molecular formula is C9H17NO2. The zero-order valence-corrected chi connectivity index (χ0v) is 8.02. The number of Topliss-reactive ketones (excluding diaryl/α,β-unsaturated/α-hetero) is 1. The minimum absolute atomic E-state index is 0.202. The van der Waals surface area contributed by atoms with Crippen molar-refractivity contribution in [2.24, 2.45) is 5.92 Å². The van der Waals surface area contributed by atoms with E-state index in [1.807, 2.05) is 6.92 Å². The van der Waals surface area contributed by atoms with Gasteiger partial charge in [-0.2, -0.15) is 0 Å². The Balaban J connectivity index is 3.65. The molecule has 0 aliphatic carbocycles. The summed E-state index contributed by atoms with van der Waals surface area (Å²) in [7, 11) is 0. The van der Waals surface area contributed by atoms with E-state index < -0.39 is 5.91 Å². The van der Waals surface area contributed by atoms with Gasteiger partial charge in [0.25, 0.3) is 5.91 Å². The van der Waals surface area contributed by atoms with Gasteiger partial charge in [-0.25, -0.2) is 0 Å². The number of nitrogens with one attached hydrogen (secondary N) is 1. The Labute approximate surface area is 73.5 Å². The van der Waals surface area contributed by atoms with Gasteiger partial charge in [0.1, 0.15) is 0 Å². The van der Waals surface area contributed by atoms with E-state index in [0.29, 0.717) is 6.54 Å². The smallest absolute Gasteiger partial charge is 0.287 e. The van der Waals surface area contributed by atoms with Crippen molar-refractivity contribution in [1.29, 1.82) is 0 Å². The molecule has 0 fully saturated rings. The molecule has 0 unspecified atom stereocenters. The molecule has 0 bridgehead atoms. The summed E-state index contributed by atoms with van der Waals surface area (Å²) >= 11 is 0. The Morgan fingerprint density at radius 2 is 1.92 bits per heavy atom. The zero-order valence-electron chi connectivity index (χ0n) is 8.02. The van der Waals surface area contributed by atoms with Crippen LogP contribution in [-0.4, -0.2) is 18.2 Å². The molecule has 70 valence electrons. The summed E-state index contributed by atoms with van der Waals surface area (Å²) in [6.07, 6.45) is 1.95. The summed E-state index contributed by atoms with van der Waals surface area (Å²) in [5, 5.41) is 2.58. The fraction of sp³-hybridized carbons (Fsp3) is 0.778. The number of hydrogen-bond donors (Lipinski definition) is 1. The molecule has 0 heterocycles. The largest absolute Gasteiger partial charge is 0.349 e. The Hall–Kier alpha value is -0.860. The molecule has 0 saturated heterocycles. The number of carbonyl (C=O) groups excluding carboxylic acids is 2. The minimum atomic E-state index is -0.446. The van der Waals surface area contributed by atoms with Crippen molar-refractivity contribution in [3.8, 4) is 0 Å². The van der Waals surface area contributed by atoms with Gasteiger partial charge < -0.3 is 5.32 Å². The Kier molecular flexibility index (Phi) is 5.34. The van der Waals surface area contributed by atoms with Crippen LogP contribution >= 0.6 is 0 Å². The fourth-order valence-electron chi connectivity index (χ4n) is 0.728. The van der Waals surface area contributed by atoms with Gasteiger partial charge >= 0.3 is 0 Å². The topological polar surface area (TPSA) is 46.2 Å². The second-order valence-electron chi connectivity index (χ2n) is 3.13.